The van der Waals surface area contributed by atoms with Crippen molar-refractivity contribution in [3.05, 3.63) is 28.0 Å². The molecule has 2 aromatic rings. The lowest BCUT2D eigenvalue weighted by Crippen LogP contribution is -2.51. The number of amides is 1. The second kappa shape index (κ2) is 5.81. The molecule has 0 unspecified atom stereocenters. The predicted molar refractivity (Wildman–Crippen MR) is 87.4 cm³/mol. The number of hydrogen-bond acceptors (Lipinski definition) is 5. The summed E-state index contributed by atoms with van der Waals surface area (Å²) >= 11 is 1.52. The van der Waals surface area contributed by atoms with Gasteiger partial charge in [0.2, 0.25) is 5.91 Å². The Labute approximate surface area is 134 Å². The standard InChI is InChI=1S/C15H21N5OS/c1-9-5-10(2)20(18-9)13-6-19(7-13)8-14(21)17-15-16-11(3)12(4)22-15/h5,13H,6-8H2,1-4H3,(H,16,17,21). The van der Waals surface area contributed by atoms with Crippen LogP contribution in [0.25, 0.3) is 0 Å². The number of aromatic nitrogens is 3. The smallest absolute Gasteiger partial charge is 0.240 e. The Morgan fingerprint density at radius 3 is 2.64 bits per heavy atom. The highest BCUT2D eigenvalue weighted by atomic mass is 32.1. The van der Waals surface area contributed by atoms with Crippen LogP contribution in [-0.2, 0) is 4.79 Å². The SMILES string of the molecule is Cc1cc(C)n(C2CN(CC(=O)Nc3nc(C)c(C)s3)C2)n1. The Kier molecular flexibility index (Phi) is 4.01. The highest BCUT2D eigenvalue weighted by Gasteiger charge is 2.31. The third kappa shape index (κ3) is 3.05. The Hall–Kier alpha value is -1.73. The van der Waals surface area contributed by atoms with Crippen LogP contribution in [0.4, 0.5) is 5.13 Å². The molecule has 118 valence electrons. The molecule has 3 heterocycles. The summed E-state index contributed by atoms with van der Waals surface area (Å²) in [6.45, 7) is 10.2. The van der Waals surface area contributed by atoms with E-state index in [-0.39, 0.29) is 5.91 Å². The fourth-order valence-electron chi connectivity index (χ4n) is 2.73. The highest BCUT2D eigenvalue weighted by Crippen LogP contribution is 2.23. The summed E-state index contributed by atoms with van der Waals surface area (Å²) in [6.07, 6.45) is 0. The van der Waals surface area contributed by atoms with Crippen molar-refractivity contribution in [2.45, 2.75) is 33.7 Å². The Balaban J connectivity index is 1.49. The molecule has 1 fully saturated rings. The minimum atomic E-state index is 0.000526. The van der Waals surface area contributed by atoms with E-state index in [0.717, 1.165) is 29.4 Å². The van der Waals surface area contributed by atoms with E-state index >= 15 is 0 Å². The third-order valence-electron chi connectivity index (χ3n) is 3.97. The number of nitrogens with one attached hydrogen (secondary N) is 1. The van der Waals surface area contributed by atoms with E-state index in [4.69, 9.17) is 0 Å². The summed E-state index contributed by atoms with van der Waals surface area (Å²) in [5.74, 6) is 0.000526. The summed E-state index contributed by atoms with van der Waals surface area (Å²) in [7, 11) is 0. The zero-order valence-corrected chi connectivity index (χ0v) is 14.2. The van der Waals surface area contributed by atoms with Crippen molar-refractivity contribution in [1.29, 1.82) is 0 Å². The molecule has 0 bridgehead atoms. The number of rotatable bonds is 4. The Bertz CT molecular complexity index is 679. The van der Waals surface area contributed by atoms with Crippen molar-refractivity contribution in [2.75, 3.05) is 25.0 Å². The van der Waals surface area contributed by atoms with Gasteiger partial charge in [0.05, 0.1) is 24.0 Å². The summed E-state index contributed by atoms with van der Waals surface area (Å²) in [4.78, 5) is 19.6. The number of aryl methyl sites for hydroxylation is 4. The Morgan fingerprint density at radius 2 is 2.09 bits per heavy atom. The molecule has 1 N–H and O–H groups in total. The van der Waals surface area contributed by atoms with E-state index in [2.05, 4.69) is 38.0 Å². The maximum atomic E-state index is 12.0. The van der Waals surface area contributed by atoms with Crippen LogP contribution in [-0.4, -0.2) is 45.2 Å². The van der Waals surface area contributed by atoms with Crippen molar-refractivity contribution in [3.8, 4) is 0 Å². The van der Waals surface area contributed by atoms with E-state index in [9.17, 15) is 4.79 Å². The van der Waals surface area contributed by atoms with E-state index in [1.807, 2.05) is 20.8 Å². The first-order valence-electron chi connectivity index (χ1n) is 7.41. The van der Waals surface area contributed by atoms with Gasteiger partial charge in [-0.1, -0.05) is 0 Å². The summed E-state index contributed by atoms with van der Waals surface area (Å²) in [6, 6.07) is 2.47. The summed E-state index contributed by atoms with van der Waals surface area (Å²) < 4.78 is 2.07. The molecule has 1 amide bonds. The molecular formula is C15H21N5OS. The van der Waals surface area contributed by atoms with Crippen molar-refractivity contribution >= 4 is 22.4 Å². The lowest BCUT2D eigenvalue weighted by molar-refractivity contribution is -0.118. The number of thiazole rings is 1. The predicted octanol–water partition coefficient (Wildman–Crippen LogP) is 2.07. The molecule has 0 radical (unpaired) electrons. The average molecular weight is 319 g/mol. The van der Waals surface area contributed by atoms with Crippen LogP contribution in [0.3, 0.4) is 0 Å². The van der Waals surface area contributed by atoms with Gasteiger partial charge in [-0.15, -0.1) is 11.3 Å². The molecule has 7 heteroatoms. The third-order valence-corrected chi connectivity index (χ3v) is 4.96. The van der Waals surface area contributed by atoms with E-state index in [0.29, 0.717) is 17.7 Å². The van der Waals surface area contributed by atoms with E-state index < -0.39 is 0 Å². The van der Waals surface area contributed by atoms with E-state index in [1.165, 1.54) is 17.0 Å². The first-order chi connectivity index (χ1) is 10.4. The van der Waals surface area contributed by atoms with Gasteiger partial charge in [0.1, 0.15) is 0 Å². The van der Waals surface area contributed by atoms with Gasteiger partial charge >= 0.3 is 0 Å². The van der Waals surface area contributed by atoms with Crippen molar-refractivity contribution < 1.29 is 4.79 Å². The molecular weight excluding hydrogens is 298 g/mol. The maximum Gasteiger partial charge on any atom is 0.240 e. The summed E-state index contributed by atoms with van der Waals surface area (Å²) in [5, 5.41) is 8.07. The first-order valence-corrected chi connectivity index (χ1v) is 8.23. The highest BCUT2D eigenvalue weighted by molar-refractivity contribution is 7.15. The number of carbonyl (C=O) groups is 1. The second-order valence-corrected chi connectivity index (χ2v) is 7.13. The van der Waals surface area contributed by atoms with Gasteiger partial charge in [0.15, 0.2) is 5.13 Å². The van der Waals surface area contributed by atoms with Gasteiger partial charge < -0.3 is 5.32 Å². The molecule has 1 aliphatic rings. The largest absolute Gasteiger partial charge is 0.301 e. The molecule has 2 aromatic heterocycles. The molecule has 0 atom stereocenters. The summed E-state index contributed by atoms with van der Waals surface area (Å²) in [5.41, 5.74) is 3.21. The van der Waals surface area contributed by atoms with Crippen LogP contribution in [0.15, 0.2) is 6.07 Å². The monoisotopic (exact) mass is 319 g/mol. The van der Waals surface area contributed by atoms with Crippen LogP contribution < -0.4 is 5.32 Å². The fourth-order valence-corrected chi connectivity index (χ4v) is 3.56. The minimum Gasteiger partial charge on any atom is -0.301 e. The molecule has 0 aliphatic carbocycles. The van der Waals surface area contributed by atoms with Crippen molar-refractivity contribution in [2.24, 2.45) is 0 Å². The van der Waals surface area contributed by atoms with E-state index in [1.54, 1.807) is 0 Å². The molecule has 0 spiro atoms. The normalized spacial score (nSPS) is 15.8. The second-order valence-electron chi connectivity index (χ2n) is 5.93. The van der Waals surface area contributed by atoms with Gasteiger partial charge in [0.25, 0.3) is 0 Å². The van der Waals surface area contributed by atoms with Crippen molar-refractivity contribution in [1.82, 2.24) is 19.7 Å². The topological polar surface area (TPSA) is 63.1 Å². The quantitative estimate of drug-likeness (QED) is 0.937. The van der Waals surface area contributed by atoms with Gasteiger partial charge in [0, 0.05) is 23.7 Å². The van der Waals surface area contributed by atoms with Gasteiger partial charge in [-0.3, -0.25) is 14.4 Å². The van der Waals surface area contributed by atoms with Gasteiger partial charge in [-0.05, 0) is 33.8 Å². The van der Waals surface area contributed by atoms with Crippen LogP contribution in [0.1, 0.15) is 28.0 Å². The average Bonchev–Trinajstić information content (AvgIpc) is 2.86. The zero-order valence-electron chi connectivity index (χ0n) is 13.4. The molecule has 3 rings (SSSR count). The molecule has 1 aliphatic heterocycles. The molecule has 1 saturated heterocycles. The fraction of sp³-hybridized carbons (Fsp3) is 0.533. The number of anilines is 1. The lowest BCUT2D eigenvalue weighted by Gasteiger charge is -2.39. The van der Waals surface area contributed by atoms with Crippen LogP contribution in [0.2, 0.25) is 0 Å². The molecule has 0 aromatic carbocycles. The number of carbonyl (C=O) groups excluding carboxylic acids is 1. The van der Waals surface area contributed by atoms with Gasteiger partial charge in [-0.2, -0.15) is 5.10 Å². The van der Waals surface area contributed by atoms with Crippen LogP contribution in [0.5, 0.6) is 0 Å². The first kappa shape index (κ1) is 15.2. The lowest BCUT2D eigenvalue weighted by atomic mass is 10.1. The number of nitrogens with zero attached hydrogens (tertiary/aromatic N) is 4. The minimum absolute atomic E-state index is 0.000526. The number of hydrogen-bond donors (Lipinski definition) is 1. The van der Waals surface area contributed by atoms with Gasteiger partial charge in [-0.25, -0.2) is 4.98 Å². The molecule has 6 nitrogen and oxygen atoms in total. The zero-order chi connectivity index (χ0) is 15.9. The molecule has 22 heavy (non-hydrogen) atoms. The van der Waals surface area contributed by atoms with Crippen LogP contribution in [0, 0.1) is 27.7 Å². The molecule has 0 saturated carbocycles. The van der Waals surface area contributed by atoms with Crippen molar-refractivity contribution in [3.63, 3.8) is 0 Å². The maximum absolute atomic E-state index is 12.0. The van der Waals surface area contributed by atoms with Crippen LogP contribution >= 0.6 is 11.3 Å². The number of likely N-dealkylation sites (tertiary alicyclic amines) is 1. The Morgan fingerprint density at radius 1 is 1.36 bits per heavy atom.